The van der Waals surface area contributed by atoms with Crippen LogP contribution in [-0.4, -0.2) is 26.2 Å². The van der Waals surface area contributed by atoms with Crippen LogP contribution in [-0.2, 0) is 19.1 Å². The molecule has 0 atom stereocenters. The maximum Gasteiger partial charge on any atom is 0.354 e. The van der Waals surface area contributed by atoms with Gasteiger partial charge in [0.1, 0.15) is 11.5 Å². The highest BCUT2D eigenvalue weighted by atomic mass is 79.9. The molecule has 0 spiro atoms. The minimum Gasteiger partial charge on any atom is -0.466 e. The summed E-state index contributed by atoms with van der Waals surface area (Å²) >= 11 is 8.94. The molecule has 20 heavy (non-hydrogen) atoms. The zero-order valence-electron chi connectivity index (χ0n) is 10.5. The van der Waals surface area contributed by atoms with E-state index in [0.29, 0.717) is 4.47 Å². The van der Waals surface area contributed by atoms with Crippen molar-refractivity contribution in [2.75, 3.05) is 19.5 Å². The van der Waals surface area contributed by atoms with Crippen LogP contribution in [0, 0.1) is 5.82 Å². The van der Waals surface area contributed by atoms with Crippen molar-refractivity contribution in [2.24, 2.45) is 0 Å². The van der Waals surface area contributed by atoms with E-state index < -0.39 is 17.8 Å². The van der Waals surface area contributed by atoms with E-state index in [1.807, 2.05) is 0 Å². The molecule has 0 heterocycles. The Kier molecular flexibility index (Phi) is 5.97. The number of hydrogen-bond donors (Lipinski definition) is 1. The van der Waals surface area contributed by atoms with Crippen LogP contribution in [0.5, 0.6) is 0 Å². The summed E-state index contributed by atoms with van der Waals surface area (Å²) in [7, 11) is 2.26. The fraction of sp³-hybridized carbons (Fsp3) is 0.167. The maximum atomic E-state index is 13.8. The molecule has 0 radical (unpaired) electrons. The first-order chi connectivity index (χ1) is 9.38. The fourth-order valence-electron chi connectivity index (χ4n) is 1.23. The molecule has 0 fully saturated rings. The molecule has 0 saturated heterocycles. The van der Waals surface area contributed by atoms with Crippen molar-refractivity contribution in [1.29, 1.82) is 0 Å². The van der Waals surface area contributed by atoms with Crippen molar-refractivity contribution in [2.45, 2.75) is 0 Å². The number of ether oxygens (including phenoxy) is 2. The molecule has 0 aliphatic carbocycles. The molecule has 0 bridgehead atoms. The van der Waals surface area contributed by atoms with E-state index in [1.54, 1.807) is 0 Å². The van der Waals surface area contributed by atoms with Gasteiger partial charge in [0.2, 0.25) is 0 Å². The average Bonchev–Trinajstić information content (AvgIpc) is 2.40. The minimum atomic E-state index is -0.867. The molecule has 1 rings (SSSR count). The highest BCUT2D eigenvalue weighted by Crippen LogP contribution is 2.30. The van der Waals surface area contributed by atoms with Crippen LogP contribution in [0.15, 0.2) is 28.4 Å². The van der Waals surface area contributed by atoms with Gasteiger partial charge in [0, 0.05) is 4.47 Å². The van der Waals surface area contributed by atoms with Crippen molar-refractivity contribution >= 4 is 45.2 Å². The van der Waals surface area contributed by atoms with Crippen LogP contribution in [0.3, 0.4) is 0 Å². The number of rotatable bonds is 4. The third kappa shape index (κ3) is 4.21. The van der Waals surface area contributed by atoms with Gasteiger partial charge in [0.05, 0.1) is 31.0 Å². The molecular weight excluding hydrogens is 356 g/mol. The molecule has 1 aromatic carbocycles. The van der Waals surface area contributed by atoms with Crippen LogP contribution < -0.4 is 5.32 Å². The van der Waals surface area contributed by atoms with Gasteiger partial charge in [0.25, 0.3) is 0 Å². The second kappa shape index (κ2) is 7.25. The molecule has 8 heteroatoms. The third-order valence-corrected chi connectivity index (χ3v) is 2.89. The van der Waals surface area contributed by atoms with E-state index in [0.717, 1.165) is 26.4 Å². The monoisotopic (exact) mass is 365 g/mol. The molecule has 108 valence electrons. The molecule has 0 amide bonds. The topological polar surface area (TPSA) is 64.6 Å². The molecular formula is C12H10BrClFNO4. The van der Waals surface area contributed by atoms with E-state index in [-0.39, 0.29) is 16.4 Å². The summed E-state index contributed by atoms with van der Waals surface area (Å²) in [5.41, 5.74) is -0.460. The Morgan fingerprint density at radius 1 is 1.35 bits per heavy atom. The van der Waals surface area contributed by atoms with Gasteiger partial charge in [-0.25, -0.2) is 14.0 Å². The Balaban J connectivity index is 3.17. The van der Waals surface area contributed by atoms with E-state index in [2.05, 4.69) is 30.7 Å². The lowest BCUT2D eigenvalue weighted by atomic mass is 10.2. The van der Waals surface area contributed by atoms with Gasteiger partial charge in [-0.1, -0.05) is 27.5 Å². The summed E-state index contributed by atoms with van der Waals surface area (Å²) in [5.74, 6) is -2.37. The van der Waals surface area contributed by atoms with E-state index >= 15 is 0 Å². The number of anilines is 1. The first kappa shape index (κ1) is 16.5. The lowest BCUT2D eigenvalue weighted by molar-refractivity contribution is -0.138. The summed E-state index contributed by atoms with van der Waals surface area (Å²) in [6, 6.07) is 2.58. The Morgan fingerprint density at radius 3 is 2.50 bits per heavy atom. The van der Waals surface area contributed by atoms with E-state index in [9.17, 15) is 14.0 Å². The van der Waals surface area contributed by atoms with Crippen molar-refractivity contribution in [3.05, 3.63) is 39.2 Å². The van der Waals surface area contributed by atoms with Crippen molar-refractivity contribution in [1.82, 2.24) is 0 Å². The standard InChI is InChI=1S/C12H10BrClFNO4/c1-19-10(17)5-9(12(18)20-2)16-11-7(14)3-6(13)4-8(11)15/h3-5,16H,1-2H3/b9-5+. The Bertz CT molecular complexity index is 554. The van der Waals surface area contributed by atoms with Crippen LogP contribution in [0.25, 0.3) is 0 Å². The summed E-state index contributed by atoms with van der Waals surface area (Å²) < 4.78 is 23.1. The smallest absolute Gasteiger partial charge is 0.354 e. The molecule has 0 aromatic heterocycles. The fourth-order valence-corrected chi connectivity index (χ4v) is 2.05. The lowest BCUT2D eigenvalue weighted by Gasteiger charge is -2.11. The normalized spacial score (nSPS) is 10.9. The quantitative estimate of drug-likeness (QED) is 0.656. The second-order valence-corrected chi connectivity index (χ2v) is 4.77. The summed E-state index contributed by atoms with van der Waals surface area (Å²) in [4.78, 5) is 22.7. The second-order valence-electron chi connectivity index (χ2n) is 3.44. The SMILES string of the molecule is COC(=O)/C=C(/Nc1c(F)cc(Br)cc1Cl)C(=O)OC. The highest BCUT2D eigenvalue weighted by molar-refractivity contribution is 9.10. The molecule has 1 N–H and O–H groups in total. The lowest BCUT2D eigenvalue weighted by Crippen LogP contribution is -2.16. The zero-order valence-corrected chi connectivity index (χ0v) is 12.8. The Hall–Kier alpha value is -1.60. The van der Waals surface area contributed by atoms with Gasteiger partial charge < -0.3 is 14.8 Å². The molecule has 0 aliphatic rings. The first-order valence-corrected chi connectivity index (χ1v) is 6.35. The highest BCUT2D eigenvalue weighted by Gasteiger charge is 2.17. The predicted molar refractivity (Wildman–Crippen MR) is 74.8 cm³/mol. The first-order valence-electron chi connectivity index (χ1n) is 5.18. The molecule has 1 aromatic rings. The molecule has 0 saturated carbocycles. The Labute approximate surface area is 127 Å². The van der Waals surface area contributed by atoms with Gasteiger partial charge in [-0.2, -0.15) is 0 Å². The number of carbonyl (C=O) groups is 2. The van der Waals surface area contributed by atoms with Gasteiger partial charge in [-0.15, -0.1) is 0 Å². The van der Waals surface area contributed by atoms with Crippen LogP contribution in [0.4, 0.5) is 10.1 Å². The third-order valence-electron chi connectivity index (χ3n) is 2.14. The number of carbonyl (C=O) groups excluding carboxylic acids is 2. The van der Waals surface area contributed by atoms with Crippen LogP contribution in [0.2, 0.25) is 5.02 Å². The number of halogens is 3. The number of methoxy groups -OCH3 is 2. The largest absolute Gasteiger partial charge is 0.466 e. The Morgan fingerprint density at radius 2 is 2.00 bits per heavy atom. The number of nitrogens with one attached hydrogen (secondary N) is 1. The zero-order chi connectivity index (χ0) is 15.3. The molecule has 0 aliphatic heterocycles. The van der Waals surface area contributed by atoms with E-state index in [1.165, 1.54) is 6.07 Å². The van der Waals surface area contributed by atoms with Crippen LogP contribution >= 0.6 is 27.5 Å². The molecule has 5 nitrogen and oxygen atoms in total. The van der Waals surface area contributed by atoms with Crippen LogP contribution in [0.1, 0.15) is 0 Å². The van der Waals surface area contributed by atoms with Crippen molar-refractivity contribution in [3.8, 4) is 0 Å². The number of esters is 2. The molecule has 0 unspecified atom stereocenters. The maximum absolute atomic E-state index is 13.8. The average molecular weight is 367 g/mol. The van der Waals surface area contributed by atoms with Crippen molar-refractivity contribution in [3.63, 3.8) is 0 Å². The number of hydrogen-bond acceptors (Lipinski definition) is 5. The van der Waals surface area contributed by atoms with Gasteiger partial charge in [-0.05, 0) is 12.1 Å². The summed E-state index contributed by atoms with van der Waals surface area (Å²) in [6.07, 6.45) is 0.837. The van der Waals surface area contributed by atoms with E-state index in [4.69, 9.17) is 11.6 Å². The van der Waals surface area contributed by atoms with Gasteiger partial charge in [-0.3, -0.25) is 0 Å². The number of benzene rings is 1. The van der Waals surface area contributed by atoms with Gasteiger partial charge in [0.15, 0.2) is 0 Å². The predicted octanol–water partition coefficient (Wildman–Crippen LogP) is 2.88. The minimum absolute atomic E-state index is 0.0246. The summed E-state index contributed by atoms with van der Waals surface area (Å²) in [5, 5.41) is 2.44. The summed E-state index contributed by atoms with van der Waals surface area (Å²) in [6.45, 7) is 0. The van der Waals surface area contributed by atoms with Gasteiger partial charge >= 0.3 is 11.9 Å². The van der Waals surface area contributed by atoms with Crippen molar-refractivity contribution < 1.29 is 23.5 Å².